The van der Waals surface area contributed by atoms with E-state index in [4.69, 9.17) is 5.73 Å². The smallest absolute Gasteiger partial charge is 0.327 e. The Morgan fingerprint density at radius 3 is 2.84 bits per heavy atom. The fraction of sp³-hybridized carbons (Fsp3) is 0.385. The van der Waals surface area contributed by atoms with Crippen LogP contribution in [0.1, 0.15) is 22.8 Å². The van der Waals surface area contributed by atoms with Gasteiger partial charge in [0.1, 0.15) is 6.04 Å². The Balaban J connectivity index is 2.00. The molecule has 0 saturated carbocycles. The van der Waals surface area contributed by atoms with E-state index in [1.165, 1.54) is 4.90 Å². The molecule has 6 heteroatoms. The minimum atomic E-state index is -0.945. The van der Waals surface area contributed by atoms with Gasteiger partial charge in [-0.2, -0.15) is 0 Å². The molecule has 0 aliphatic carbocycles. The number of β-lactam (4-membered cyclic amide) rings is 1. The molecule has 3 atom stereocenters. The molecule has 100 valence electrons. The Morgan fingerprint density at radius 1 is 1.47 bits per heavy atom. The number of thioether (sulfide) groups is 1. The Bertz CT molecular complexity index is 548. The molecule has 0 spiro atoms. The summed E-state index contributed by atoms with van der Waals surface area (Å²) in [5, 5.41) is 9.19. The van der Waals surface area contributed by atoms with Gasteiger partial charge in [-0.25, -0.2) is 4.79 Å². The zero-order valence-corrected chi connectivity index (χ0v) is 11.0. The van der Waals surface area contributed by atoms with Crippen molar-refractivity contribution in [2.24, 2.45) is 5.73 Å². The third-order valence-corrected chi connectivity index (χ3v) is 5.19. The van der Waals surface area contributed by atoms with Gasteiger partial charge < -0.3 is 15.7 Å². The molecule has 1 amide bonds. The predicted octanol–water partition coefficient (Wildman–Crippen LogP) is 0.945. The summed E-state index contributed by atoms with van der Waals surface area (Å²) in [5.74, 6) is -1.02. The van der Waals surface area contributed by atoms with Gasteiger partial charge in [-0.1, -0.05) is 24.3 Å². The number of carbonyl (C=O) groups is 2. The fourth-order valence-corrected chi connectivity index (χ4v) is 4.46. The van der Waals surface area contributed by atoms with Crippen molar-refractivity contribution in [1.82, 2.24) is 4.90 Å². The van der Waals surface area contributed by atoms with Crippen molar-refractivity contribution in [3.63, 3.8) is 0 Å². The molecule has 2 fully saturated rings. The van der Waals surface area contributed by atoms with Crippen LogP contribution < -0.4 is 5.73 Å². The van der Waals surface area contributed by atoms with E-state index in [0.717, 1.165) is 11.1 Å². The van der Waals surface area contributed by atoms with Crippen molar-refractivity contribution in [3.05, 3.63) is 35.4 Å². The molecule has 2 heterocycles. The highest BCUT2D eigenvalue weighted by molar-refractivity contribution is 8.00. The minimum Gasteiger partial charge on any atom is -0.480 e. The number of amides is 1. The number of rotatable bonds is 3. The maximum absolute atomic E-state index is 11.6. The summed E-state index contributed by atoms with van der Waals surface area (Å²) in [7, 11) is 0. The zero-order valence-electron chi connectivity index (χ0n) is 10.2. The Kier molecular flexibility index (Phi) is 2.99. The second-order valence-electron chi connectivity index (χ2n) is 4.70. The summed E-state index contributed by atoms with van der Waals surface area (Å²) < 4.78 is 0. The largest absolute Gasteiger partial charge is 0.480 e. The number of nitrogens with two attached hydrogens (primary N) is 1. The zero-order chi connectivity index (χ0) is 13.6. The van der Waals surface area contributed by atoms with E-state index >= 15 is 0 Å². The van der Waals surface area contributed by atoms with Crippen LogP contribution in [0.4, 0.5) is 0 Å². The number of nitrogens with zero attached hydrogens (tertiary/aromatic N) is 1. The number of fused-ring (bicyclic) bond motifs is 1. The van der Waals surface area contributed by atoms with E-state index in [-0.39, 0.29) is 16.5 Å². The first kappa shape index (κ1) is 12.5. The van der Waals surface area contributed by atoms with Crippen LogP contribution in [-0.4, -0.2) is 33.3 Å². The number of carboxylic acid groups (broad SMARTS) is 1. The van der Waals surface area contributed by atoms with E-state index in [1.807, 2.05) is 24.3 Å². The van der Waals surface area contributed by atoms with Crippen LogP contribution >= 0.6 is 11.8 Å². The summed E-state index contributed by atoms with van der Waals surface area (Å²) in [4.78, 5) is 24.6. The molecule has 5 nitrogen and oxygen atoms in total. The number of aliphatic carboxylic acids is 1. The number of hydrogen-bond donors (Lipinski definition) is 2. The van der Waals surface area contributed by atoms with E-state index in [0.29, 0.717) is 13.0 Å². The molecular weight excluding hydrogens is 264 g/mol. The highest BCUT2D eigenvalue weighted by Crippen LogP contribution is 2.52. The van der Waals surface area contributed by atoms with E-state index in [9.17, 15) is 14.7 Å². The van der Waals surface area contributed by atoms with Gasteiger partial charge >= 0.3 is 5.97 Å². The van der Waals surface area contributed by atoms with Crippen LogP contribution in [0.25, 0.3) is 0 Å². The third-order valence-electron chi connectivity index (χ3n) is 3.67. The Labute approximate surface area is 114 Å². The van der Waals surface area contributed by atoms with E-state index in [2.05, 4.69) is 0 Å². The maximum Gasteiger partial charge on any atom is 0.327 e. The predicted molar refractivity (Wildman–Crippen MR) is 71.3 cm³/mol. The first-order valence-corrected chi connectivity index (χ1v) is 7.05. The van der Waals surface area contributed by atoms with Gasteiger partial charge in [-0.3, -0.25) is 4.79 Å². The minimum absolute atomic E-state index is 0.00410. The molecule has 2 saturated heterocycles. The molecule has 3 N–H and O–H groups in total. The lowest BCUT2D eigenvalue weighted by molar-refractivity contribution is -0.156. The quantitative estimate of drug-likeness (QED) is 0.804. The highest BCUT2D eigenvalue weighted by Gasteiger charge is 2.55. The van der Waals surface area contributed by atoms with Crippen LogP contribution in [0, 0.1) is 0 Å². The first-order valence-electron chi connectivity index (χ1n) is 6.10. The number of hydrogen-bond acceptors (Lipinski definition) is 4. The van der Waals surface area contributed by atoms with Gasteiger partial charge in [-0.15, -0.1) is 11.8 Å². The van der Waals surface area contributed by atoms with E-state index < -0.39 is 12.0 Å². The van der Waals surface area contributed by atoms with Crippen LogP contribution in [0.5, 0.6) is 0 Å². The fourth-order valence-electron chi connectivity index (χ4n) is 2.73. The summed E-state index contributed by atoms with van der Waals surface area (Å²) in [6, 6.07) is 6.81. The lowest BCUT2D eigenvalue weighted by Gasteiger charge is -2.36. The van der Waals surface area contributed by atoms with Crippen molar-refractivity contribution in [2.45, 2.75) is 29.6 Å². The monoisotopic (exact) mass is 278 g/mol. The Hall–Kier alpha value is -1.53. The molecule has 0 bridgehead atoms. The van der Waals surface area contributed by atoms with Crippen LogP contribution in [0.2, 0.25) is 0 Å². The molecule has 0 radical (unpaired) electrons. The SMILES string of the molecule is NCc1ccccc1C1S[C@@H]2CC(=O)N2C1C(=O)O. The van der Waals surface area contributed by atoms with Crippen LogP contribution in [-0.2, 0) is 16.1 Å². The van der Waals surface area contributed by atoms with E-state index in [1.54, 1.807) is 11.8 Å². The van der Waals surface area contributed by atoms with Gasteiger partial charge in [0, 0.05) is 6.54 Å². The van der Waals surface area contributed by atoms with Gasteiger partial charge in [-0.05, 0) is 11.1 Å². The molecular formula is C13H14N2O3S. The topological polar surface area (TPSA) is 83.6 Å². The van der Waals surface area contributed by atoms with Crippen molar-refractivity contribution < 1.29 is 14.7 Å². The normalized spacial score (nSPS) is 29.0. The summed E-state index contributed by atoms with van der Waals surface area (Å²) >= 11 is 1.55. The molecule has 1 aromatic carbocycles. The standard InChI is InChI=1S/C13H14N2O3S/c14-6-7-3-1-2-4-8(7)12-11(13(17)18)15-9(16)5-10(15)19-12/h1-4,10-12H,5-6,14H2,(H,17,18)/t10-,11?,12?/m1/s1. The molecule has 3 rings (SSSR count). The average Bonchev–Trinajstić information content (AvgIpc) is 2.71. The molecule has 1 aromatic rings. The first-order chi connectivity index (χ1) is 9.13. The van der Waals surface area contributed by atoms with Gasteiger partial charge in [0.15, 0.2) is 0 Å². The average molecular weight is 278 g/mol. The summed E-state index contributed by atoms with van der Waals surface area (Å²) in [5.41, 5.74) is 7.60. The summed E-state index contributed by atoms with van der Waals surface area (Å²) in [6.07, 6.45) is 0.440. The molecule has 2 aliphatic rings. The van der Waals surface area contributed by atoms with Crippen molar-refractivity contribution in [2.75, 3.05) is 0 Å². The van der Waals surface area contributed by atoms with Crippen molar-refractivity contribution in [1.29, 1.82) is 0 Å². The second kappa shape index (κ2) is 4.54. The van der Waals surface area contributed by atoms with Gasteiger partial charge in [0.2, 0.25) is 5.91 Å². The molecule has 0 aromatic heterocycles. The number of benzene rings is 1. The lowest BCUT2D eigenvalue weighted by atomic mass is 9.97. The summed E-state index contributed by atoms with van der Waals surface area (Å²) in [6.45, 7) is 0.373. The Morgan fingerprint density at radius 2 is 2.21 bits per heavy atom. The molecule has 19 heavy (non-hydrogen) atoms. The second-order valence-corrected chi connectivity index (χ2v) is 6.03. The molecule has 2 unspecified atom stereocenters. The maximum atomic E-state index is 11.6. The number of carboxylic acids is 1. The van der Waals surface area contributed by atoms with Crippen LogP contribution in [0.3, 0.4) is 0 Å². The molecule has 2 aliphatic heterocycles. The number of carbonyl (C=O) groups excluding carboxylic acids is 1. The van der Waals surface area contributed by atoms with Gasteiger partial charge in [0.05, 0.1) is 17.0 Å². The van der Waals surface area contributed by atoms with Crippen molar-refractivity contribution >= 4 is 23.6 Å². The lowest BCUT2D eigenvalue weighted by Crippen LogP contribution is -2.54. The van der Waals surface area contributed by atoms with Gasteiger partial charge in [0.25, 0.3) is 0 Å². The van der Waals surface area contributed by atoms with Crippen LogP contribution in [0.15, 0.2) is 24.3 Å². The third kappa shape index (κ3) is 1.82. The highest BCUT2D eigenvalue weighted by atomic mass is 32.2. The van der Waals surface area contributed by atoms with Crippen molar-refractivity contribution in [3.8, 4) is 0 Å².